The van der Waals surface area contributed by atoms with Crippen LogP contribution < -0.4 is 0 Å². The number of pyridine rings is 1. The van der Waals surface area contributed by atoms with E-state index in [0.29, 0.717) is 16.8 Å². The summed E-state index contributed by atoms with van der Waals surface area (Å²) in [6, 6.07) is 11.0. The number of hydrogen-bond donors (Lipinski definition) is 1. The quantitative estimate of drug-likeness (QED) is 0.740. The average Bonchev–Trinajstić information content (AvgIpc) is 2.90. The summed E-state index contributed by atoms with van der Waals surface area (Å²) in [5.41, 5.74) is 2.09. The summed E-state index contributed by atoms with van der Waals surface area (Å²) in [5.74, 6) is -0.369. The third-order valence-corrected chi connectivity index (χ3v) is 3.22. The summed E-state index contributed by atoms with van der Waals surface area (Å²) < 4.78 is 0. The fourth-order valence-corrected chi connectivity index (χ4v) is 2.21. The lowest BCUT2D eigenvalue weighted by atomic mass is 10.0. The highest BCUT2D eigenvalue weighted by molar-refractivity contribution is 6.15. The van der Waals surface area contributed by atoms with Crippen molar-refractivity contribution in [3.63, 3.8) is 0 Å². The number of benzene rings is 1. The fourth-order valence-electron chi connectivity index (χ4n) is 2.21. The lowest BCUT2D eigenvalue weighted by molar-refractivity contribution is 0.0988. The number of Topliss-reactive ketones (excluding diaryl/α,β-unsaturated/α-hetero) is 1. The van der Waals surface area contributed by atoms with Gasteiger partial charge in [-0.1, -0.05) is 18.2 Å². The van der Waals surface area contributed by atoms with Gasteiger partial charge >= 0.3 is 0 Å². The molecule has 0 atom stereocenters. The summed E-state index contributed by atoms with van der Waals surface area (Å²) in [4.78, 5) is 31.1. The van der Waals surface area contributed by atoms with Crippen molar-refractivity contribution in [2.24, 2.45) is 0 Å². The van der Waals surface area contributed by atoms with Gasteiger partial charge in [0.05, 0.1) is 5.69 Å². The molecular weight excluding hydrogens is 252 g/mol. The van der Waals surface area contributed by atoms with E-state index in [9.17, 15) is 9.59 Å². The highest BCUT2D eigenvalue weighted by Crippen LogP contribution is 2.19. The summed E-state index contributed by atoms with van der Waals surface area (Å²) >= 11 is 0. The molecule has 0 aliphatic heterocycles. The topological polar surface area (TPSA) is 62.8 Å². The molecule has 0 bridgehead atoms. The van der Waals surface area contributed by atoms with Crippen molar-refractivity contribution < 1.29 is 9.59 Å². The molecule has 0 aliphatic carbocycles. The second kappa shape index (κ2) is 4.74. The van der Waals surface area contributed by atoms with Gasteiger partial charge < -0.3 is 4.98 Å². The molecule has 4 nitrogen and oxygen atoms in total. The molecule has 0 saturated carbocycles. The van der Waals surface area contributed by atoms with Crippen LogP contribution in [0.5, 0.6) is 0 Å². The first-order valence-corrected chi connectivity index (χ1v) is 6.24. The second-order valence-electron chi connectivity index (χ2n) is 4.58. The number of carbonyl (C=O) groups excluding carboxylic acids is 2. The van der Waals surface area contributed by atoms with E-state index < -0.39 is 0 Å². The van der Waals surface area contributed by atoms with Gasteiger partial charge in [-0.25, -0.2) is 0 Å². The Labute approximate surface area is 115 Å². The van der Waals surface area contributed by atoms with Crippen molar-refractivity contribution >= 4 is 22.5 Å². The summed E-state index contributed by atoms with van der Waals surface area (Å²) in [7, 11) is 0. The van der Waals surface area contributed by atoms with Crippen molar-refractivity contribution in [1.82, 2.24) is 9.97 Å². The molecule has 4 heteroatoms. The summed E-state index contributed by atoms with van der Waals surface area (Å²) in [6.45, 7) is 1.43. The zero-order valence-electron chi connectivity index (χ0n) is 10.9. The molecular formula is C16H12N2O2. The van der Waals surface area contributed by atoms with E-state index in [1.165, 1.54) is 19.3 Å². The van der Waals surface area contributed by atoms with Crippen molar-refractivity contribution in [2.45, 2.75) is 6.92 Å². The van der Waals surface area contributed by atoms with E-state index in [1.807, 2.05) is 24.3 Å². The maximum atomic E-state index is 12.5. The Morgan fingerprint density at radius 3 is 2.65 bits per heavy atom. The Hall–Kier alpha value is -2.75. The number of nitrogens with zero attached hydrogens (tertiary/aromatic N) is 1. The van der Waals surface area contributed by atoms with Crippen molar-refractivity contribution in [1.29, 1.82) is 0 Å². The summed E-state index contributed by atoms with van der Waals surface area (Å²) in [5, 5.41) is 0.967. The van der Waals surface area contributed by atoms with Crippen LogP contribution in [0.15, 0.2) is 48.8 Å². The van der Waals surface area contributed by atoms with Crippen LogP contribution in [0.1, 0.15) is 33.3 Å². The van der Waals surface area contributed by atoms with E-state index in [0.717, 1.165) is 10.9 Å². The molecule has 2 aromatic heterocycles. The molecule has 1 N–H and O–H groups in total. The molecule has 0 spiro atoms. The second-order valence-corrected chi connectivity index (χ2v) is 4.58. The lowest BCUT2D eigenvalue weighted by Crippen LogP contribution is -2.09. The third kappa shape index (κ3) is 2.01. The van der Waals surface area contributed by atoms with E-state index in [2.05, 4.69) is 9.97 Å². The number of H-pyrrole nitrogens is 1. The van der Waals surface area contributed by atoms with Crippen LogP contribution in [-0.2, 0) is 0 Å². The molecule has 0 fully saturated rings. The summed E-state index contributed by atoms with van der Waals surface area (Å²) in [6.07, 6.45) is 2.94. The van der Waals surface area contributed by atoms with Gasteiger partial charge in [0.15, 0.2) is 5.78 Å². The molecule has 3 aromatic rings. The Bertz CT molecular complexity index is 785. The number of aromatic amines is 1. The number of rotatable bonds is 3. The molecule has 2 heterocycles. The molecule has 0 saturated heterocycles. The molecule has 0 aliphatic rings. The van der Waals surface area contributed by atoms with Crippen LogP contribution >= 0.6 is 0 Å². The Morgan fingerprint density at radius 1 is 1.10 bits per heavy atom. The SMILES string of the molecule is CC(=O)c1cnccc1C(=O)c1cc2ccccc2[nH]1. The number of nitrogens with one attached hydrogen (secondary N) is 1. The zero-order chi connectivity index (χ0) is 14.1. The number of aromatic nitrogens is 2. The van der Waals surface area contributed by atoms with Gasteiger partial charge in [-0.2, -0.15) is 0 Å². The first kappa shape index (κ1) is 12.3. The number of ketones is 2. The largest absolute Gasteiger partial charge is 0.352 e. The number of fused-ring (bicyclic) bond motifs is 1. The van der Waals surface area contributed by atoms with Gasteiger partial charge in [0.1, 0.15) is 0 Å². The van der Waals surface area contributed by atoms with Crippen LogP contribution in [0.25, 0.3) is 10.9 Å². The van der Waals surface area contributed by atoms with Crippen molar-refractivity contribution in [3.05, 3.63) is 65.6 Å². The van der Waals surface area contributed by atoms with Gasteiger partial charge in [0.2, 0.25) is 5.78 Å². The number of carbonyl (C=O) groups is 2. The van der Waals surface area contributed by atoms with Crippen LogP contribution in [-0.4, -0.2) is 21.5 Å². The zero-order valence-corrected chi connectivity index (χ0v) is 10.9. The van der Waals surface area contributed by atoms with Gasteiger partial charge in [0.25, 0.3) is 0 Å². The number of para-hydroxylation sites is 1. The maximum Gasteiger partial charge on any atom is 0.210 e. The van der Waals surface area contributed by atoms with E-state index in [4.69, 9.17) is 0 Å². The first-order valence-electron chi connectivity index (χ1n) is 6.24. The highest BCUT2D eigenvalue weighted by atomic mass is 16.1. The van der Waals surface area contributed by atoms with Gasteiger partial charge in [-0.15, -0.1) is 0 Å². The molecule has 98 valence electrons. The monoisotopic (exact) mass is 264 g/mol. The molecule has 0 unspecified atom stereocenters. The standard InChI is InChI=1S/C16H12N2O2/c1-10(19)13-9-17-7-6-12(13)16(20)15-8-11-4-2-3-5-14(11)18-15/h2-9,18H,1H3. The lowest BCUT2D eigenvalue weighted by Gasteiger charge is -2.03. The van der Waals surface area contributed by atoms with Gasteiger partial charge in [-0.3, -0.25) is 14.6 Å². The van der Waals surface area contributed by atoms with Crippen molar-refractivity contribution in [2.75, 3.05) is 0 Å². The van der Waals surface area contributed by atoms with Crippen molar-refractivity contribution in [3.8, 4) is 0 Å². The fraction of sp³-hybridized carbons (Fsp3) is 0.0625. The maximum absolute atomic E-state index is 12.5. The molecule has 3 rings (SSSR count). The normalized spacial score (nSPS) is 10.7. The van der Waals surface area contributed by atoms with Crippen LogP contribution in [0, 0.1) is 0 Å². The van der Waals surface area contributed by atoms with Crippen LogP contribution in [0.4, 0.5) is 0 Å². The van der Waals surface area contributed by atoms with E-state index in [-0.39, 0.29) is 11.6 Å². The van der Waals surface area contributed by atoms with Gasteiger partial charge in [-0.05, 0) is 25.1 Å². The van der Waals surface area contributed by atoms with Crippen LogP contribution in [0.3, 0.4) is 0 Å². The van der Waals surface area contributed by atoms with E-state index >= 15 is 0 Å². The Balaban J connectivity index is 2.11. The average molecular weight is 264 g/mol. The minimum absolute atomic E-state index is 0.169. The minimum Gasteiger partial charge on any atom is -0.352 e. The highest BCUT2D eigenvalue weighted by Gasteiger charge is 2.17. The molecule has 0 radical (unpaired) electrons. The third-order valence-electron chi connectivity index (χ3n) is 3.22. The Morgan fingerprint density at radius 2 is 1.90 bits per heavy atom. The predicted molar refractivity (Wildman–Crippen MR) is 76.0 cm³/mol. The predicted octanol–water partition coefficient (Wildman–Crippen LogP) is 3.00. The molecule has 0 amide bonds. The molecule has 1 aromatic carbocycles. The smallest absolute Gasteiger partial charge is 0.210 e. The van der Waals surface area contributed by atoms with Crippen LogP contribution in [0.2, 0.25) is 0 Å². The molecule has 20 heavy (non-hydrogen) atoms. The van der Waals surface area contributed by atoms with Gasteiger partial charge in [0, 0.05) is 34.4 Å². The number of hydrogen-bond acceptors (Lipinski definition) is 3. The minimum atomic E-state index is -0.200. The first-order chi connectivity index (χ1) is 9.66. The van der Waals surface area contributed by atoms with E-state index in [1.54, 1.807) is 12.1 Å². The Kier molecular flexibility index (Phi) is 2.91.